The molecule has 0 atom stereocenters. The molecule has 0 aliphatic heterocycles. The van der Waals surface area contributed by atoms with Crippen LogP contribution in [0.2, 0.25) is 0 Å². The van der Waals surface area contributed by atoms with E-state index in [1.165, 1.54) is 64.0 Å². The van der Waals surface area contributed by atoms with Crippen LogP contribution in [0.15, 0.2) is 229 Å². The van der Waals surface area contributed by atoms with Crippen LogP contribution in [0.25, 0.3) is 64.0 Å². The largest absolute Gasteiger partial charge is 0.309 e. The molecule has 0 radical (unpaired) electrons. The number of anilines is 6. The monoisotopic (exact) mass is 848 g/mol. The molecule has 4 heteroatoms. The van der Waals surface area contributed by atoms with Crippen molar-refractivity contribution in [3.8, 4) is 22.3 Å². The fourth-order valence-electron chi connectivity index (χ4n) is 8.53. The first-order chi connectivity index (χ1) is 29.7. The molecule has 11 aromatic rings. The molecular weight excluding hydrogens is 813 g/mol. The quantitative estimate of drug-likeness (QED) is 0.150. The summed E-state index contributed by atoms with van der Waals surface area (Å²) in [6.45, 7) is 0. The van der Waals surface area contributed by atoms with Crippen molar-refractivity contribution in [2.45, 2.75) is 0 Å². The zero-order valence-electron chi connectivity index (χ0n) is 32.5. The Labute approximate surface area is 362 Å². The van der Waals surface area contributed by atoms with Gasteiger partial charge in [-0.1, -0.05) is 164 Å². The first-order valence-electron chi connectivity index (χ1n) is 20.2. The average molecular weight is 850 g/mol. The predicted octanol–water partition coefficient (Wildman–Crippen LogP) is 17.4. The number of halogens is 1. The third-order valence-electron chi connectivity index (χ3n) is 11.5. The molecule has 284 valence electrons. The van der Waals surface area contributed by atoms with Gasteiger partial charge in [0.25, 0.3) is 0 Å². The summed E-state index contributed by atoms with van der Waals surface area (Å²) >= 11 is 6.23. The topological polar surface area (TPSA) is 6.48 Å². The summed E-state index contributed by atoms with van der Waals surface area (Å²) in [4.78, 5) is 4.86. The van der Waals surface area contributed by atoms with E-state index in [0.29, 0.717) is 0 Å². The molecule has 0 saturated heterocycles. The molecule has 1 heterocycles. The van der Waals surface area contributed by atoms with Crippen molar-refractivity contribution in [3.63, 3.8) is 0 Å². The van der Waals surface area contributed by atoms with Crippen LogP contribution in [-0.4, -0.2) is 0 Å². The number of benzene rings is 10. The normalized spacial score (nSPS) is 11.4. The van der Waals surface area contributed by atoms with E-state index >= 15 is 0 Å². The molecule has 2 nitrogen and oxygen atoms in total. The highest BCUT2D eigenvalue weighted by atomic mass is 79.9. The number of hydrogen-bond acceptors (Lipinski definition) is 3. The maximum atomic E-state index is 4.39. The lowest BCUT2D eigenvalue weighted by Crippen LogP contribution is -2.15. The molecule has 0 saturated carbocycles. The van der Waals surface area contributed by atoms with Crippen LogP contribution in [0.5, 0.6) is 0 Å². The van der Waals surface area contributed by atoms with Gasteiger partial charge < -0.3 is 9.80 Å². The van der Waals surface area contributed by atoms with Gasteiger partial charge in [-0.05, 0) is 120 Å². The zero-order chi connectivity index (χ0) is 40.0. The number of hydrogen-bond donors (Lipinski definition) is 0. The van der Waals surface area contributed by atoms with E-state index in [1.54, 1.807) is 0 Å². The van der Waals surface area contributed by atoms with E-state index in [-0.39, 0.29) is 0 Å². The summed E-state index contributed by atoms with van der Waals surface area (Å²) in [5, 5.41) is 7.25. The third-order valence-corrected chi connectivity index (χ3v) is 13.4. The molecule has 0 fully saturated rings. The van der Waals surface area contributed by atoms with Gasteiger partial charge in [-0.25, -0.2) is 0 Å². The van der Waals surface area contributed by atoms with Crippen LogP contribution in [0.3, 0.4) is 0 Å². The molecule has 0 spiro atoms. The SMILES string of the molecule is Brc1c(N(c2ccc3ccccc3c2)c2ccc3ccccc3c2)cc2sc3ccccc3c2c1N(c1ccc(-c2ccccc2)cc1)c1ccc(-c2ccccc2)cc1. The molecule has 0 aliphatic carbocycles. The van der Waals surface area contributed by atoms with Crippen LogP contribution >= 0.6 is 27.3 Å². The smallest absolute Gasteiger partial charge is 0.0718 e. The summed E-state index contributed by atoms with van der Waals surface area (Å²) in [5.74, 6) is 0. The van der Waals surface area contributed by atoms with Gasteiger partial charge in [0, 0.05) is 42.9 Å². The summed E-state index contributed by atoms with van der Waals surface area (Å²) in [6.07, 6.45) is 0. The van der Waals surface area contributed by atoms with Crippen molar-refractivity contribution in [1.82, 2.24) is 0 Å². The van der Waals surface area contributed by atoms with Crippen molar-refractivity contribution in [3.05, 3.63) is 229 Å². The molecule has 0 N–H and O–H groups in total. The molecule has 0 bridgehead atoms. The lowest BCUT2D eigenvalue weighted by atomic mass is 10.0. The minimum Gasteiger partial charge on any atom is -0.309 e. The second kappa shape index (κ2) is 15.3. The van der Waals surface area contributed by atoms with Crippen molar-refractivity contribution in [2.75, 3.05) is 9.80 Å². The Morgan fingerprint density at radius 3 is 1.30 bits per heavy atom. The number of nitrogens with zero attached hydrogens (tertiary/aromatic N) is 2. The van der Waals surface area contributed by atoms with E-state index in [9.17, 15) is 0 Å². The van der Waals surface area contributed by atoms with Crippen molar-refractivity contribution >= 4 is 103 Å². The van der Waals surface area contributed by atoms with Gasteiger partial charge in [-0.3, -0.25) is 0 Å². The third kappa shape index (κ3) is 6.51. The second-order valence-corrected chi connectivity index (χ2v) is 17.0. The average Bonchev–Trinajstić information content (AvgIpc) is 3.69. The van der Waals surface area contributed by atoms with Crippen molar-refractivity contribution in [2.24, 2.45) is 0 Å². The van der Waals surface area contributed by atoms with Crippen LogP contribution in [0.4, 0.5) is 34.1 Å². The number of fused-ring (bicyclic) bond motifs is 5. The Balaban J connectivity index is 1.19. The first-order valence-corrected chi connectivity index (χ1v) is 21.8. The molecule has 10 aromatic carbocycles. The van der Waals surface area contributed by atoms with Gasteiger partial charge >= 0.3 is 0 Å². The van der Waals surface area contributed by atoms with Crippen LogP contribution in [0.1, 0.15) is 0 Å². The summed E-state index contributed by atoms with van der Waals surface area (Å²) in [6, 6.07) is 81.2. The zero-order valence-corrected chi connectivity index (χ0v) is 34.9. The predicted molar refractivity (Wildman–Crippen MR) is 262 cm³/mol. The molecule has 0 amide bonds. The fourth-order valence-corrected chi connectivity index (χ4v) is 10.3. The Morgan fingerprint density at radius 1 is 0.333 bits per heavy atom. The number of thiophene rings is 1. The van der Waals surface area contributed by atoms with Gasteiger partial charge in [0.2, 0.25) is 0 Å². The van der Waals surface area contributed by atoms with Gasteiger partial charge in [0.1, 0.15) is 0 Å². The van der Waals surface area contributed by atoms with Gasteiger partial charge in [0.15, 0.2) is 0 Å². The maximum absolute atomic E-state index is 4.39. The van der Waals surface area contributed by atoms with E-state index in [0.717, 1.165) is 38.6 Å². The van der Waals surface area contributed by atoms with Crippen LogP contribution in [0, 0.1) is 0 Å². The minimum atomic E-state index is 0.999. The van der Waals surface area contributed by atoms with Gasteiger partial charge in [0.05, 0.1) is 15.8 Å². The molecule has 60 heavy (non-hydrogen) atoms. The molecule has 11 rings (SSSR count). The van der Waals surface area contributed by atoms with E-state index in [2.05, 4.69) is 250 Å². The van der Waals surface area contributed by atoms with Crippen LogP contribution < -0.4 is 9.80 Å². The Morgan fingerprint density at radius 2 is 0.767 bits per heavy atom. The van der Waals surface area contributed by atoms with Crippen molar-refractivity contribution in [1.29, 1.82) is 0 Å². The Hall–Kier alpha value is -6.98. The second-order valence-electron chi connectivity index (χ2n) is 15.1. The minimum absolute atomic E-state index is 0.999. The highest BCUT2D eigenvalue weighted by molar-refractivity contribution is 9.10. The first kappa shape index (κ1) is 36.1. The maximum Gasteiger partial charge on any atom is 0.0718 e. The van der Waals surface area contributed by atoms with E-state index < -0.39 is 0 Å². The Bertz CT molecular complexity index is 3160. The standard InChI is InChI=1S/C56H37BrN2S/c57-55-51(58(48-33-27-40-17-7-9-19-44(40)35-48)49-34-28-41-18-8-10-20-45(41)36-49)37-53-54(50-21-11-12-22-52(50)60-53)56(55)59(46-29-23-42(24-30-46)38-13-3-1-4-14-38)47-31-25-43(26-32-47)39-15-5-2-6-16-39/h1-37H. The van der Waals surface area contributed by atoms with E-state index in [4.69, 9.17) is 0 Å². The summed E-state index contributed by atoms with van der Waals surface area (Å²) in [5.41, 5.74) is 11.2. The highest BCUT2D eigenvalue weighted by Crippen LogP contribution is 2.54. The summed E-state index contributed by atoms with van der Waals surface area (Å²) < 4.78 is 3.46. The Kier molecular flexibility index (Phi) is 9.22. The van der Waals surface area contributed by atoms with E-state index in [1.807, 2.05) is 11.3 Å². The molecule has 1 aromatic heterocycles. The van der Waals surface area contributed by atoms with Gasteiger partial charge in [-0.2, -0.15) is 0 Å². The summed E-state index contributed by atoms with van der Waals surface area (Å²) in [7, 11) is 0. The number of rotatable bonds is 8. The van der Waals surface area contributed by atoms with Gasteiger partial charge in [-0.15, -0.1) is 11.3 Å². The molecule has 0 aliphatic rings. The van der Waals surface area contributed by atoms with Crippen LogP contribution in [-0.2, 0) is 0 Å². The molecular formula is C56H37BrN2S. The lowest BCUT2D eigenvalue weighted by Gasteiger charge is -2.32. The lowest BCUT2D eigenvalue weighted by molar-refractivity contribution is 1.25. The molecule has 0 unspecified atom stereocenters. The fraction of sp³-hybridized carbons (Fsp3) is 0. The van der Waals surface area contributed by atoms with Crippen molar-refractivity contribution < 1.29 is 0 Å². The highest BCUT2D eigenvalue weighted by Gasteiger charge is 2.27.